The molecule has 0 amide bonds. The van der Waals surface area contributed by atoms with Crippen LogP contribution in [0.3, 0.4) is 0 Å². The minimum Gasteiger partial charge on any atom is -0.395 e. The third kappa shape index (κ3) is 2.57. The van der Waals surface area contributed by atoms with E-state index in [1.807, 2.05) is 20.8 Å². The summed E-state index contributed by atoms with van der Waals surface area (Å²) in [6, 6.07) is 3.55. The van der Waals surface area contributed by atoms with Crippen LogP contribution in [0.4, 0.5) is 8.78 Å². The number of imidazole rings is 1. The Morgan fingerprint density at radius 1 is 1.24 bits per heavy atom. The molecule has 6 heteroatoms. The predicted octanol–water partition coefficient (Wildman–Crippen LogP) is 3.70. The lowest BCUT2D eigenvalue weighted by atomic mass is 10.0. The minimum atomic E-state index is -3.63. The molecule has 0 aliphatic carbocycles. The Morgan fingerprint density at radius 2 is 1.95 bits per heavy atom. The van der Waals surface area contributed by atoms with Gasteiger partial charge in [0.05, 0.1) is 17.7 Å². The standard InChI is InChI=1S/C15H16F2N2O2/c1-9(2)6-11-4-5-12(19-7-10(3)18-8-19)14-13(11)20-15(16,17)21-14/h4-5,7-9H,6H2,1-3H3. The van der Waals surface area contributed by atoms with E-state index in [4.69, 9.17) is 9.47 Å². The van der Waals surface area contributed by atoms with E-state index in [9.17, 15) is 8.78 Å². The van der Waals surface area contributed by atoms with Gasteiger partial charge in [0.15, 0.2) is 11.5 Å². The van der Waals surface area contributed by atoms with Crippen molar-refractivity contribution in [1.82, 2.24) is 9.55 Å². The second kappa shape index (κ2) is 4.72. The van der Waals surface area contributed by atoms with Crippen molar-refractivity contribution in [3.63, 3.8) is 0 Å². The summed E-state index contributed by atoms with van der Waals surface area (Å²) in [6.45, 7) is 5.87. The molecule has 1 aromatic carbocycles. The fourth-order valence-electron chi connectivity index (χ4n) is 2.42. The number of alkyl halides is 2. The first-order chi connectivity index (χ1) is 9.85. The van der Waals surface area contributed by atoms with Crippen LogP contribution in [0.1, 0.15) is 25.1 Å². The normalized spacial score (nSPS) is 15.7. The topological polar surface area (TPSA) is 36.3 Å². The molecule has 0 bridgehead atoms. The molecule has 21 heavy (non-hydrogen) atoms. The molecule has 1 aliphatic rings. The fourth-order valence-corrected chi connectivity index (χ4v) is 2.42. The number of halogens is 2. The maximum atomic E-state index is 13.5. The molecule has 1 aromatic heterocycles. The molecule has 2 aromatic rings. The molecule has 0 N–H and O–H groups in total. The van der Waals surface area contributed by atoms with Crippen molar-refractivity contribution in [3.8, 4) is 17.2 Å². The summed E-state index contributed by atoms with van der Waals surface area (Å²) in [5, 5.41) is 0. The summed E-state index contributed by atoms with van der Waals surface area (Å²) in [7, 11) is 0. The second-order valence-corrected chi connectivity index (χ2v) is 5.59. The van der Waals surface area contributed by atoms with E-state index in [1.165, 1.54) is 0 Å². The molecule has 3 rings (SSSR count). The molecule has 0 fully saturated rings. The highest BCUT2D eigenvalue weighted by Crippen LogP contribution is 2.47. The smallest absolute Gasteiger partial charge is 0.395 e. The van der Waals surface area contributed by atoms with Crippen molar-refractivity contribution in [2.45, 2.75) is 33.5 Å². The van der Waals surface area contributed by atoms with Gasteiger partial charge in [0.25, 0.3) is 0 Å². The van der Waals surface area contributed by atoms with Crippen molar-refractivity contribution in [1.29, 1.82) is 0 Å². The van der Waals surface area contributed by atoms with Crippen LogP contribution in [0, 0.1) is 12.8 Å². The van der Waals surface area contributed by atoms with Gasteiger partial charge in [-0.05, 0) is 30.9 Å². The molecule has 0 unspecified atom stereocenters. The molecular weight excluding hydrogens is 278 g/mol. The first kappa shape index (κ1) is 13.9. The second-order valence-electron chi connectivity index (χ2n) is 5.59. The van der Waals surface area contributed by atoms with Gasteiger partial charge in [0.2, 0.25) is 0 Å². The lowest BCUT2D eigenvalue weighted by molar-refractivity contribution is -0.286. The van der Waals surface area contributed by atoms with Gasteiger partial charge in [0.1, 0.15) is 0 Å². The third-order valence-corrected chi connectivity index (χ3v) is 3.23. The van der Waals surface area contributed by atoms with Gasteiger partial charge >= 0.3 is 6.29 Å². The van der Waals surface area contributed by atoms with Gasteiger partial charge in [-0.1, -0.05) is 19.9 Å². The fraction of sp³-hybridized carbons (Fsp3) is 0.400. The van der Waals surface area contributed by atoms with Crippen LogP contribution in [-0.2, 0) is 6.42 Å². The molecule has 4 nitrogen and oxygen atoms in total. The predicted molar refractivity (Wildman–Crippen MR) is 73.0 cm³/mol. The number of hydrogen-bond acceptors (Lipinski definition) is 3. The molecule has 112 valence electrons. The van der Waals surface area contributed by atoms with Crippen LogP contribution in [-0.4, -0.2) is 15.8 Å². The summed E-state index contributed by atoms with van der Waals surface area (Å²) in [5.74, 6) is 0.515. The van der Waals surface area contributed by atoms with Gasteiger partial charge in [-0.15, -0.1) is 8.78 Å². The number of hydrogen-bond donors (Lipinski definition) is 0. The highest BCUT2D eigenvalue weighted by molar-refractivity contribution is 5.61. The number of ether oxygens (including phenoxy) is 2. The summed E-state index contributed by atoms with van der Waals surface area (Å²) in [5.41, 5.74) is 2.01. The minimum absolute atomic E-state index is 0.0653. The number of rotatable bonds is 3. The van der Waals surface area contributed by atoms with E-state index >= 15 is 0 Å². The Morgan fingerprint density at radius 3 is 2.57 bits per heavy atom. The lowest BCUT2D eigenvalue weighted by Crippen LogP contribution is -2.26. The van der Waals surface area contributed by atoms with Crippen LogP contribution < -0.4 is 9.47 Å². The Hall–Kier alpha value is -2.11. The maximum absolute atomic E-state index is 13.5. The summed E-state index contributed by atoms with van der Waals surface area (Å²) in [4.78, 5) is 4.10. The van der Waals surface area contributed by atoms with Gasteiger partial charge < -0.3 is 14.0 Å². The number of aryl methyl sites for hydroxylation is 1. The number of nitrogens with zero attached hydrogens (tertiary/aromatic N) is 2. The molecule has 0 saturated heterocycles. The van der Waals surface area contributed by atoms with Crippen LogP contribution in [0.5, 0.6) is 11.5 Å². The Labute approximate surface area is 121 Å². The van der Waals surface area contributed by atoms with E-state index in [1.54, 1.807) is 29.2 Å². The first-order valence-corrected chi connectivity index (χ1v) is 6.78. The van der Waals surface area contributed by atoms with Gasteiger partial charge in [-0.2, -0.15) is 0 Å². The molecule has 1 aliphatic heterocycles. The molecule has 2 heterocycles. The van der Waals surface area contributed by atoms with Crippen molar-refractivity contribution in [3.05, 3.63) is 35.9 Å². The lowest BCUT2D eigenvalue weighted by Gasteiger charge is -2.11. The van der Waals surface area contributed by atoms with E-state index in [-0.39, 0.29) is 11.5 Å². The monoisotopic (exact) mass is 294 g/mol. The number of aromatic nitrogens is 2. The van der Waals surface area contributed by atoms with Gasteiger partial charge in [-0.25, -0.2) is 4.98 Å². The summed E-state index contributed by atoms with van der Waals surface area (Å²) >= 11 is 0. The Balaban J connectivity index is 2.11. The quantitative estimate of drug-likeness (QED) is 0.866. The summed E-state index contributed by atoms with van der Waals surface area (Å²) in [6.07, 6.45) is 0.329. The van der Waals surface area contributed by atoms with E-state index < -0.39 is 6.29 Å². The zero-order valence-electron chi connectivity index (χ0n) is 12.1. The molecule has 0 atom stereocenters. The van der Waals surface area contributed by atoms with E-state index in [0.717, 1.165) is 11.3 Å². The van der Waals surface area contributed by atoms with Crippen molar-refractivity contribution in [2.75, 3.05) is 0 Å². The highest BCUT2D eigenvalue weighted by atomic mass is 19.3. The van der Waals surface area contributed by atoms with Crippen LogP contribution in [0.2, 0.25) is 0 Å². The Kier molecular flexibility index (Phi) is 3.11. The molecular formula is C15H16F2N2O2. The SMILES string of the molecule is Cc1cn(-c2ccc(CC(C)C)c3c2OC(F)(F)O3)cn1. The Bertz CT molecular complexity index is 680. The van der Waals surface area contributed by atoms with Crippen molar-refractivity contribution in [2.24, 2.45) is 5.92 Å². The number of fused-ring (bicyclic) bond motifs is 1. The molecule has 0 saturated carbocycles. The highest BCUT2D eigenvalue weighted by Gasteiger charge is 2.46. The number of benzene rings is 1. The summed E-state index contributed by atoms with van der Waals surface area (Å²) < 4.78 is 38.0. The van der Waals surface area contributed by atoms with E-state index in [2.05, 4.69) is 4.98 Å². The van der Waals surface area contributed by atoms with Crippen molar-refractivity contribution >= 4 is 0 Å². The third-order valence-electron chi connectivity index (χ3n) is 3.23. The van der Waals surface area contributed by atoms with Gasteiger partial charge in [0, 0.05) is 6.20 Å². The largest absolute Gasteiger partial charge is 0.586 e. The first-order valence-electron chi connectivity index (χ1n) is 6.78. The van der Waals surface area contributed by atoms with E-state index in [0.29, 0.717) is 18.0 Å². The van der Waals surface area contributed by atoms with Gasteiger partial charge in [-0.3, -0.25) is 0 Å². The average Bonchev–Trinajstić information content (AvgIpc) is 2.92. The zero-order chi connectivity index (χ0) is 15.2. The molecule has 0 spiro atoms. The average molecular weight is 294 g/mol. The van der Waals surface area contributed by atoms with Crippen LogP contribution in [0.15, 0.2) is 24.7 Å². The molecule has 0 radical (unpaired) electrons. The van der Waals surface area contributed by atoms with Crippen LogP contribution >= 0.6 is 0 Å². The van der Waals surface area contributed by atoms with Crippen LogP contribution in [0.25, 0.3) is 5.69 Å². The maximum Gasteiger partial charge on any atom is 0.586 e. The zero-order valence-corrected chi connectivity index (χ0v) is 12.1. The van der Waals surface area contributed by atoms with Crippen molar-refractivity contribution < 1.29 is 18.3 Å².